The Hall–Kier alpha value is -2.12. The smallest absolute Gasteiger partial charge is 0.262 e. The van der Waals surface area contributed by atoms with Crippen LogP contribution in [0.3, 0.4) is 0 Å². The topological polar surface area (TPSA) is 72.5 Å². The number of carbonyl (C=O) groups is 1. The molecule has 8 heteroatoms. The minimum Gasteiger partial charge on any atom is -0.484 e. The molecule has 0 aromatic heterocycles. The van der Waals surface area contributed by atoms with E-state index in [4.69, 9.17) is 16.3 Å². The molecule has 0 saturated carbocycles. The highest BCUT2D eigenvalue weighted by Gasteiger charge is 2.10. The van der Waals surface area contributed by atoms with Gasteiger partial charge in [0.2, 0.25) is 0 Å². The molecule has 0 fully saturated rings. The maximum Gasteiger partial charge on any atom is 0.262 e. The molecule has 5 nitrogen and oxygen atoms in total. The van der Waals surface area contributed by atoms with Gasteiger partial charge in [0, 0.05) is 11.3 Å². The number of anilines is 1. The Bertz CT molecular complexity index is 822. The van der Waals surface area contributed by atoms with Crippen LogP contribution >= 0.6 is 11.6 Å². The zero-order valence-electron chi connectivity index (χ0n) is 12.0. The minimum atomic E-state index is -3.29. The van der Waals surface area contributed by atoms with Gasteiger partial charge in [-0.05, 0) is 42.5 Å². The molecule has 0 saturated heterocycles. The maximum absolute atomic E-state index is 13.5. The summed E-state index contributed by atoms with van der Waals surface area (Å²) in [5, 5.41) is 2.63. The first kappa shape index (κ1) is 17.2. The predicted octanol–water partition coefficient (Wildman–Crippen LogP) is 2.90. The Morgan fingerprint density at radius 3 is 2.48 bits per heavy atom. The molecule has 2 aromatic rings. The average Bonchev–Trinajstić information content (AvgIpc) is 2.48. The third-order valence-electron chi connectivity index (χ3n) is 2.82. The second kappa shape index (κ2) is 6.97. The van der Waals surface area contributed by atoms with Gasteiger partial charge in [0.25, 0.3) is 5.91 Å². The van der Waals surface area contributed by atoms with Crippen molar-refractivity contribution in [1.82, 2.24) is 0 Å². The van der Waals surface area contributed by atoms with Gasteiger partial charge < -0.3 is 10.1 Å². The lowest BCUT2D eigenvalue weighted by Crippen LogP contribution is -2.20. The monoisotopic (exact) mass is 357 g/mol. The van der Waals surface area contributed by atoms with E-state index in [0.29, 0.717) is 10.8 Å². The van der Waals surface area contributed by atoms with Gasteiger partial charge in [-0.15, -0.1) is 0 Å². The second-order valence-electron chi connectivity index (χ2n) is 4.70. The third kappa shape index (κ3) is 4.94. The van der Waals surface area contributed by atoms with Crippen LogP contribution in [0.15, 0.2) is 47.4 Å². The first-order valence-corrected chi connectivity index (χ1v) is 8.70. The molecule has 0 aliphatic heterocycles. The number of halogens is 2. The first-order valence-electron chi connectivity index (χ1n) is 6.43. The Morgan fingerprint density at radius 1 is 1.22 bits per heavy atom. The Kier molecular flexibility index (Phi) is 5.23. The summed E-state index contributed by atoms with van der Waals surface area (Å²) in [7, 11) is -3.29. The van der Waals surface area contributed by atoms with Gasteiger partial charge in [0.15, 0.2) is 16.4 Å². The van der Waals surface area contributed by atoms with Gasteiger partial charge in [-0.1, -0.05) is 11.6 Å². The van der Waals surface area contributed by atoms with Gasteiger partial charge in [0.1, 0.15) is 11.6 Å². The highest BCUT2D eigenvalue weighted by Crippen LogP contribution is 2.20. The zero-order valence-corrected chi connectivity index (χ0v) is 13.6. The fourth-order valence-electron chi connectivity index (χ4n) is 1.71. The lowest BCUT2D eigenvalue weighted by molar-refractivity contribution is -0.118. The number of hydrogen-bond acceptors (Lipinski definition) is 4. The van der Waals surface area contributed by atoms with E-state index in [1.807, 2.05) is 0 Å². The van der Waals surface area contributed by atoms with Crippen molar-refractivity contribution < 1.29 is 22.3 Å². The summed E-state index contributed by atoms with van der Waals surface area (Å²) in [4.78, 5) is 11.9. The highest BCUT2D eigenvalue weighted by molar-refractivity contribution is 7.90. The van der Waals surface area contributed by atoms with Crippen molar-refractivity contribution in [1.29, 1.82) is 0 Å². The van der Waals surface area contributed by atoms with E-state index >= 15 is 0 Å². The normalized spacial score (nSPS) is 11.1. The standard InChI is InChI=1S/C15H13ClFNO4S/c1-23(20,21)12-5-3-11(4-6-12)22-9-15(19)18-14-8-10(16)2-7-13(14)17/h2-8H,9H2,1H3,(H,18,19). The molecule has 0 spiro atoms. The Morgan fingerprint density at radius 2 is 1.87 bits per heavy atom. The van der Waals surface area contributed by atoms with Crippen molar-refractivity contribution in [3.63, 3.8) is 0 Å². The van der Waals surface area contributed by atoms with Gasteiger partial charge in [-0.2, -0.15) is 0 Å². The third-order valence-corrected chi connectivity index (χ3v) is 4.19. The molecule has 2 aromatic carbocycles. The van der Waals surface area contributed by atoms with E-state index in [-0.39, 0.29) is 17.2 Å². The van der Waals surface area contributed by atoms with Crippen LogP contribution in [0.5, 0.6) is 5.75 Å². The van der Waals surface area contributed by atoms with Crippen LogP contribution in [0.2, 0.25) is 5.02 Å². The van der Waals surface area contributed by atoms with E-state index in [1.54, 1.807) is 0 Å². The maximum atomic E-state index is 13.5. The fraction of sp³-hybridized carbons (Fsp3) is 0.133. The quantitative estimate of drug-likeness (QED) is 0.893. The average molecular weight is 358 g/mol. The van der Waals surface area contributed by atoms with E-state index in [0.717, 1.165) is 12.3 Å². The van der Waals surface area contributed by atoms with Gasteiger partial charge in [-0.25, -0.2) is 12.8 Å². The van der Waals surface area contributed by atoms with Gasteiger partial charge >= 0.3 is 0 Å². The lowest BCUT2D eigenvalue weighted by atomic mass is 10.3. The van der Waals surface area contributed by atoms with Crippen LogP contribution in [0.1, 0.15) is 0 Å². The van der Waals surface area contributed by atoms with Crippen molar-refractivity contribution in [2.24, 2.45) is 0 Å². The van der Waals surface area contributed by atoms with E-state index < -0.39 is 21.6 Å². The summed E-state index contributed by atoms with van der Waals surface area (Å²) in [6.07, 6.45) is 1.09. The predicted molar refractivity (Wildman–Crippen MR) is 85.1 cm³/mol. The molecule has 1 N–H and O–H groups in total. The van der Waals surface area contributed by atoms with Crippen molar-refractivity contribution >= 4 is 33.0 Å². The van der Waals surface area contributed by atoms with E-state index in [1.165, 1.54) is 36.4 Å². The van der Waals surface area contributed by atoms with E-state index in [9.17, 15) is 17.6 Å². The summed E-state index contributed by atoms with van der Waals surface area (Å²) in [6, 6.07) is 9.41. The molecule has 2 rings (SSSR count). The van der Waals surface area contributed by atoms with Crippen molar-refractivity contribution in [3.05, 3.63) is 53.3 Å². The van der Waals surface area contributed by atoms with Crippen molar-refractivity contribution in [2.75, 3.05) is 18.2 Å². The lowest BCUT2D eigenvalue weighted by Gasteiger charge is -2.09. The van der Waals surface area contributed by atoms with Crippen LogP contribution in [-0.4, -0.2) is 27.2 Å². The minimum absolute atomic E-state index is 0.0430. The summed E-state index contributed by atoms with van der Waals surface area (Å²) in [5.74, 6) is -0.863. The molecule has 122 valence electrons. The number of amides is 1. The van der Waals surface area contributed by atoms with E-state index in [2.05, 4.69) is 5.32 Å². The van der Waals surface area contributed by atoms with Crippen LogP contribution in [0, 0.1) is 5.82 Å². The van der Waals surface area contributed by atoms with Gasteiger partial charge in [0.05, 0.1) is 10.6 Å². The molecule has 0 aliphatic rings. The van der Waals surface area contributed by atoms with Crippen LogP contribution in [-0.2, 0) is 14.6 Å². The summed E-state index contributed by atoms with van der Waals surface area (Å²) >= 11 is 5.73. The van der Waals surface area contributed by atoms with Crippen LogP contribution in [0.4, 0.5) is 10.1 Å². The molecule has 1 amide bonds. The number of benzene rings is 2. The molecule has 0 radical (unpaired) electrons. The largest absolute Gasteiger partial charge is 0.484 e. The van der Waals surface area contributed by atoms with Crippen molar-refractivity contribution in [2.45, 2.75) is 4.90 Å². The highest BCUT2D eigenvalue weighted by atomic mass is 35.5. The number of sulfone groups is 1. The van der Waals surface area contributed by atoms with Crippen LogP contribution in [0.25, 0.3) is 0 Å². The number of carbonyl (C=O) groups excluding carboxylic acids is 1. The molecule has 0 atom stereocenters. The zero-order chi connectivity index (χ0) is 17.0. The molecule has 0 aliphatic carbocycles. The number of rotatable bonds is 5. The molecular weight excluding hydrogens is 345 g/mol. The number of nitrogens with one attached hydrogen (secondary N) is 1. The summed E-state index contributed by atoms with van der Waals surface area (Å²) in [5.41, 5.74) is -0.0430. The Labute approximate surface area is 138 Å². The van der Waals surface area contributed by atoms with Crippen LogP contribution < -0.4 is 10.1 Å². The molecule has 0 bridgehead atoms. The SMILES string of the molecule is CS(=O)(=O)c1ccc(OCC(=O)Nc2cc(Cl)ccc2F)cc1. The molecule has 0 heterocycles. The molecule has 23 heavy (non-hydrogen) atoms. The number of hydrogen-bond donors (Lipinski definition) is 1. The summed E-state index contributed by atoms with van der Waals surface area (Å²) < 4.78 is 41.3. The Balaban J connectivity index is 1.95. The summed E-state index contributed by atoms with van der Waals surface area (Å²) in [6.45, 7) is -0.357. The first-order chi connectivity index (χ1) is 10.8. The molecular formula is C15H13ClFNO4S. The van der Waals surface area contributed by atoms with Crippen molar-refractivity contribution in [3.8, 4) is 5.75 Å². The fourth-order valence-corrected chi connectivity index (χ4v) is 2.51. The van der Waals surface area contributed by atoms with Gasteiger partial charge in [-0.3, -0.25) is 4.79 Å². The molecule has 0 unspecified atom stereocenters. The second-order valence-corrected chi connectivity index (χ2v) is 7.16. The number of ether oxygens (including phenoxy) is 1.